The molecular formula is C34H48N4O5. The van der Waals surface area contributed by atoms with Crippen LogP contribution < -0.4 is 20.9 Å². The van der Waals surface area contributed by atoms with Gasteiger partial charge in [-0.25, -0.2) is 9.48 Å². The summed E-state index contributed by atoms with van der Waals surface area (Å²) in [7, 11) is 1.62. The minimum absolute atomic E-state index is 0.204. The van der Waals surface area contributed by atoms with Crippen LogP contribution in [0.5, 0.6) is 5.75 Å². The van der Waals surface area contributed by atoms with E-state index >= 15 is 0 Å². The van der Waals surface area contributed by atoms with E-state index in [4.69, 9.17) is 9.47 Å². The van der Waals surface area contributed by atoms with Crippen LogP contribution in [0, 0.1) is 0 Å². The molecule has 9 heteroatoms. The Kier molecular flexibility index (Phi) is 14.0. The van der Waals surface area contributed by atoms with Crippen LogP contribution >= 0.6 is 0 Å². The Balaban J connectivity index is 1.72. The summed E-state index contributed by atoms with van der Waals surface area (Å²) in [5, 5.41) is 4.45. The molecule has 0 spiro atoms. The first-order chi connectivity index (χ1) is 20.8. The number of esters is 1. The quantitative estimate of drug-likeness (QED) is 0.137. The second-order valence-electron chi connectivity index (χ2n) is 11.0. The van der Waals surface area contributed by atoms with Gasteiger partial charge in [-0.15, -0.1) is 5.10 Å². The van der Waals surface area contributed by atoms with Gasteiger partial charge in [-0.1, -0.05) is 82.0 Å². The highest BCUT2D eigenvalue weighted by Gasteiger charge is 2.18. The Morgan fingerprint density at radius 1 is 0.884 bits per heavy atom. The summed E-state index contributed by atoms with van der Waals surface area (Å²) in [6, 6.07) is 18.1. The van der Waals surface area contributed by atoms with Crippen LogP contribution in [0.4, 0.5) is 5.82 Å². The molecule has 9 nitrogen and oxygen atoms in total. The number of carbonyl (C=O) groups is 1. The van der Waals surface area contributed by atoms with Crippen molar-refractivity contribution in [3.8, 4) is 5.75 Å². The fourth-order valence-electron chi connectivity index (χ4n) is 4.90. The fourth-order valence-corrected chi connectivity index (χ4v) is 4.90. The number of hydrogen-bond donors (Lipinski definition) is 0. The highest BCUT2D eigenvalue weighted by Crippen LogP contribution is 2.16. The molecule has 0 N–H and O–H groups in total. The lowest BCUT2D eigenvalue weighted by Crippen LogP contribution is -2.45. The number of unbranched alkanes of at least 4 members (excludes halogenated alkanes) is 4. The predicted molar refractivity (Wildman–Crippen MR) is 171 cm³/mol. The predicted octanol–water partition coefficient (Wildman–Crippen LogP) is 5.31. The highest BCUT2D eigenvalue weighted by atomic mass is 16.6. The minimum atomic E-state index is -0.372. The zero-order valence-electron chi connectivity index (χ0n) is 26.3. The number of anilines is 1. The molecule has 234 valence electrons. The number of aromatic nitrogens is 3. The van der Waals surface area contributed by atoms with Crippen molar-refractivity contribution < 1.29 is 14.3 Å². The molecule has 1 atom stereocenters. The van der Waals surface area contributed by atoms with E-state index < -0.39 is 0 Å². The molecule has 1 aromatic heterocycles. The highest BCUT2D eigenvalue weighted by molar-refractivity contribution is 5.68. The Morgan fingerprint density at radius 3 is 2.28 bits per heavy atom. The van der Waals surface area contributed by atoms with Crippen molar-refractivity contribution in [1.29, 1.82) is 0 Å². The molecule has 3 rings (SSSR count). The maximum Gasteiger partial charge on any atom is 0.347 e. The molecule has 0 fully saturated rings. The zero-order valence-corrected chi connectivity index (χ0v) is 26.3. The molecule has 2 aromatic carbocycles. The number of nitrogens with zero attached hydrogens (tertiary/aromatic N) is 4. The number of rotatable bonds is 19. The van der Waals surface area contributed by atoms with E-state index in [1.54, 1.807) is 14.0 Å². The lowest BCUT2D eigenvalue weighted by atomic mass is 10.1. The van der Waals surface area contributed by atoms with Crippen LogP contribution in [0.3, 0.4) is 0 Å². The topological polar surface area (TPSA) is 95.7 Å². The van der Waals surface area contributed by atoms with Crippen LogP contribution in [0.1, 0.15) is 76.8 Å². The summed E-state index contributed by atoms with van der Waals surface area (Å²) in [4.78, 5) is 39.9. The van der Waals surface area contributed by atoms with Crippen molar-refractivity contribution in [2.75, 3.05) is 24.6 Å². The summed E-state index contributed by atoms with van der Waals surface area (Å²) < 4.78 is 13.7. The van der Waals surface area contributed by atoms with Crippen molar-refractivity contribution in [2.45, 2.75) is 91.2 Å². The van der Waals surface area contributed by atoms with Crippen LogP contribution in [0.25, 0.3) is 0 Å². The maximum atomic E-state index is 13.6. The summed E-state index contributed by atoms with van der Waals surface area (Å²) in [6.45, 7) is 7.62. The maximum absolute atomic E-state index is 13.6. The Hall–Kier alpha value is -3.88. The van der Waals surface area contributed by atoms with Gasteiger partial charge >= 0.3 is 11.7 Å². The smallest absolute Gasteiger partial charge is 0.347 e. The standard InChI is InChI=1S/C34H48N4O5/c1-5-7-8-9-13-24-38-33(40)32(35-36(4)34(38)41)37(23-14-17-28-15-11-10-12-16-28)25-22-29-18-20-30(21-19-29)43-27(3)26-42-31(39)6-2/h10-12,15-16,18-21,27H,5-9,13-14,17,22-26H2,1-4H3. The van der Waals surface area contributed by atoms with E-state index in [0.29, 0.717) is 44.0 Å². The lowest BCUT2D eigenvalue weighted by Gasteiger charge is -2.24. The van der Waals surface area contributed by atoms with Gasteiger partial charge in [0.2, 0.25) is 5.82 Å². The third-order valence-electron chi connectivity index (χ3n) is 7.41. The first-order valence-electron chi connectivity index (χ1n) is 15.7. The first kappa shape index (κ1) is 33.6. The zero-order chi connectivity index (χ0) is 31.0. The molecule has 0 saturated heterocycles. The van der Waals surface area contributed by atoms with Gasteiger partial charge in [-0.3, -0.25) is 14.2 Å². The second-order valence-corrected chi connectivity index (χ2v) is 11.0. The normalized spacial score (nSPS) is 11.7. The van der Waals surface area contributed by atoms with E-state index in [9.17, 15) is 14.4 Å². The van der Waals surface area contributed by atoms with Crippen LogP contribution in [0.15, 0.2) is 64.2 Å². The van der Waals surface area contributed by atoms with Crippen molar-refractivity contribution in [1.82, 2.24) is 14.3 Å². The van der Waals surface area contributed by atoms with E-state index in [0.717, 1.165) is 50.5 Å². The molecule has 3 aromatic rings. The third kappa shape index (κ3) is 11.0. The van der Waals surface area contributed by atoms with E-state index in [1.165, 1.54) is 14.8 Å². The molecule has 0 aliphatic rings. The average Bonchev–Trinajstić information content (AvgIpc) is 3.02. The SMILES string of the molecule is CCCCCCCn1c(=O)c(N(CCCc2ccccc2)CCc2ccc(OC(C)COC(=O)CC)cc2)nn(C)c1=O. The largest absolute Gasteiger partial charge is 0.487 e. The van der Waals surface area contributed by atoms with Crippen LogP contribution in [-0.4, -0.2) is 46.1 Å². The van der Waals surface area contributed by atoms with E-state index in [-0.39, 0.29) is 29.9 Å². The van der Waals surface area contributed by atoms with Gasteiger partial charge in [0.05, 0.1) is 0 Å². The number of hydrogen-bond acceptors (Lipinski definition) is 7. The lowest BCUT2D eigenvalue weighted by molar-refractivity contribution is -0.145. The average molecular weight is 593 g/mol. The summed E-state index contributed by atoms with van der Waals surface area (Å²) >= 11 is 0. The van der Waals surface area contributed by atoms with Gasteiger partial charge in [0.15, 0.2) is 0 Å². The van der Waals surface area contributed by atoms with Crippen molar-refractivity contribution >= 4 is 11.8 Å². The molecular weight excluding hydrogens is 544 g/mol. The number of benzene rings is 2. The molecule has 0 amide bonds. The number of ether oxygens (including phenoxy) is 2. The monoisotopic (exact) mass is 592 g/mol. The molecule has 1 unspecified atom stereocenters. The Labute approximate surface area is 255 Å². The molecule has 0 bridgehead atoms. The minimum Gasteiger partial charge on any atom is -0.487 e. The van der Waals surface area contributed by atoms with E-state index in [1.807, 2.05) is 54.3 Å². The molecule has 0 saturated carbocycles. The van der Waals surface area contributed by atoms with E-state index in [2.05, 4.69) is 24.2 Å². The Bertz CT molecular complexity index is 1370. The molecule has 0 aliphatic carbocycles. The van der Waals surface area contributed by atoms with Gasteiger partial charge in [0.1, 0.15) is 18.5 Å². The Morgan fingerprint density at radius 2 is 1.58 bits per heavy atom. The third-order valence-corrected chi connectivity index (χ3v) is 7.41. The second kappa shape index (κ2) is 17.9. The summed E-state index contributed by atoms with van der Waals surface area (Å²) in [5.74, 6) is 0.773. The summed E-state index contributed by atoms with van der Waals surface area (Å²) in [6.07, 6.45) is 7.68. The molecule has 43 heavy (non-hydrogen) atoms. The van der Waals surface area contributed by atoms with Gasteiger partial charge in [0.25, 0.3) is 5.56 Å². The molecule has 1 heterocycles. The number of aryl methyl sites for hydroxylation is 2. The number of carbonyl (C=O) groups excluding carboxylic acids is 1. The van der Waals surface area contributed by atoms with Crippen LogP contribution in [0.2, 0.25) is 0 Å². The van der Waals surface area contributed by atoms with Gasteiger partial charge in [0, 0.05) is 33.1 Å². The van der Waals surface area contributed by atoms with Crippen molar-refractivity contribution in [3.05, 3.63) is 86.6 Å². The van der Waals surface area contributed by atoms with Crippen LogP contribution in [-0.2, 0) is 36.0 Å². The summed E-state index contributed by atoms with van der Waals surface area (Å²) in [5.41, 5.74) is 1.64. The van der Waals surface area contributed by atoms with Gasteiger partial charge < -0.3 is 14.4 Å². The molecule has 0 aliphatic heterocycles. The first-order valence-corrected chi connectivity index (χ1v) is 15.7. The fraction of sp³-hybridized carbons (Fsp3) is 0.529. The van der Waals surface area contributed by atoms with Crippen molar-refractivity contribution in [3.63, 3.8) is 0 Å². The van der Waals surface area contributed by atoms with Crippen molar-refractivity contribution in [2.24, 2.45) is 7.05 Å². The van der Waals surface area contributed by atoms with Gasteiger partial charge in [-0.2, -0.15) is 0 Å². The molecule has 0 radical (unpaired) electrons. The van der Waals surface area contributed by atoms with Gasteiger partial charge in [-0.05, 0) is 55.9 Å².